The van der Waals surface area contributed by atoms with E-state index in [1.807, 2.05) is 12.3 Å². The van der Waals surface area contributed by atoms with E-state index >= 15 is 0 Å². The van der Waals surface area contributed by atoms with Crippen LogP contribution in [0.15, 0.2) is 60.4 Å². The normalized spacial score (nSPS) is 15.0. The van der Waals surface area contributed by atoms with Gasteiger partial charge in [0.05, 0.1) is 11.2 Å². The maximum absolute atomic E-state index is 6.19. The molecule has 3 nitrogen and oxygen atoms in total. The van der Waals surface area contributed by atoms with E-state index in [9.17, 15) is 0 Å². The minimum Gasteiger partial charge on any atom is -0.308 e. The van der Waals surface area contributed by atoms with E-state index in [4.69, 9.17) is 11.6 Å². The van der Waals surface area contributed by atoms with Crippen LogP contribution in [0.4, 0.5) is 11.4 Å². The summed E-state index contributed by atoms with van der Waals surface area (Å²) in [6.07, 6.45) is 9.30. The predicted molar refractivity (Wildman–Crippen MR) is 105 cm³/mol. The van der Waals surface area contributed by atoms with E-state index in [2.05, 4.69) is 71.2 Å². The molecule has 0 amide bonds. The van der Waals surface area contributed by atoms with Crippen LogP contribution in [0.1, 0.15) is 24.5 Å². The maximum Gasteiger partial charge on any atom is 0.130 e. The molecule has 1 aliphatic heterocycles. The fraction of sp³-hybridized carbons (Fsp3) is 0.143. The zero-order valence-electron chi connectivity index (χ0n) is 14.2. The van der Waals surface area contributed by atoms with Gasteiger partial charge < -0.3 is 4.90 Å². The van der Waals surface area contributed by atoms with Gasteiger partial charge in [0.1, 0.15) is 10.7 Å². The number of hydrogen-bond donors (Lipinski definition) is 0. The van der Waals surface area contributed by atoms with Crippen molar-refractivity contribution in [2.75, 3.05) is 4.90 Å². The molecular weight excluding hydrogens is 330 g/mol. The van der Waals surface area contributed by atoms with Gasteiger partial charge in [0.15, 0.2) is 0 Å². The summed E-state index contributed by atoms with van der Waals surface area (Å²) in [5, 5.41) is 0.475. The lowest BCUT2D eigenvalue weighted by atomic mass is 10.0. The first-order valence-electron chi connectivity index (χ1n) is 8.37. The van der Waals surface area contributed by atoms with Crippen LogP contribution in [0.3, 0.4) is 0 Å². The smallest absolute Gasteiger partial charge is 0.130 e. The highest BCUT2D eigenvalue weighted by Gasteiger charge is 2.23. The average molecular weight is 348 g/mol. The largest absolute Gasteiger partial charge is 0.308 e. The van der Waals surface area contributed by atoms with Gasteiger partial charge in [0.25, 0.3) is 0 Å². The Balaban J connectivity index is 2.05. The van der Waals surface area contributed by atoms with Crippen LogP contribution >= 0.6 is 11.6 Å². The number of hydrogen-bond acceptors (Lipinski definition) is 3. The number of pyridine rings is 2. The van der Waals surface area contributed by atoms with E-state index < -0.39 is 0 Å². The van der Waals surface area contributed by atoms with Gasteiger partial charge in [-0.05, 0) is 55.3 Å². The number of fused-ring (bicyclic) bond motifs is 3. The van der Waals surface area contributed by atoms with Crippen molar-refractivity contribution >= 4 is 40.1 Å². The number of aryl methyl sites for hydroxylation is 1. The number of halogens is 1. The number of rotatable bonds is 2. The number of aromatic nitrogens is 2. The first-order chi connectivity index (χ1) is 12.2. The van der Waals surface area contributed by atoms with Crippen LogP contribution < -0.4 is 4.90 Å². The number of nitrogens with zero attached hydrogens (tertiary/aromatic N) is 3. The molecule has 0 spiro atoms. The molecule has 4 heteroatoms. The highest BCUT2D eigenvalue weighted by molar-refractivity contribution is 6.29. The van der Waals surface area contributed by atoms with Crippen molar-refractivity contribution in [3.63, 3.8) is 0 Å². The molecule has 0 aliphatic carbocycles. The molecule has 4 rings (SSSR count). The summed E-state index contributed by atoms with van der Waals surface area (Å²) >= 11 is 6.19. The van der Waals surface area contributed by atoms with Crippen molar-refractivity contribution in [2.45, 2.75) is 20.3 Å². The molecule has 0 saturated carbocycles. The minimum absolute atomic E-state index is 0.475. The van der Waals surface area contributed by atoms with Crippen molar-refractivity contribution in [2.24, 2.45) is 0 Å². The van der Waals surface area contributed by atoms with Crippen LogP contribution in [0, 0.1) is 6.92 Å². The SMILES string of the molecule is CC/C=C1/C=Cc2cnc3ccc(Cl)nc3c2N1c1cccc(C)c1. The van der Waals surface area contributed by atoms with Gasteiger partial charge in [0, 0.05) is 23.1 Å². The first-order valence-corrected chi connectivity index (χ1v) is 8.75. The minimum atomic E-state index is 0.475. The third kappa shape index (κ3) is 2.81. The van der Waals surface area contributed by atoms with Gasteiger partial charge in [-0.1, -0.05) is 36.7 Å². The van der Waals surface area contributed by atoms with E-state index in [1.165, 1.54) is 5.56 Å². The van der Waals surface area contributed by atoms with Crippen molar-refractivity contribution in [3.05, 3.63) is 76.7 Å². The van der Waals surface area contributed by atoms with E-state index in [0.29, 0.717) is 5.15 Å². The molecular formula is C21H18ClN3. The van der Waals surface area contributed by atoms with Crippen LogP contribution in [-0.2, 0) is 0 Å². The summed E-state index contributed by atoms with van der Waals surface area (Å²) in [4.78, 5) is 11.4. The van der Waals surface area contributed by atoms with Gasteiger partial charge in [0.2, 0.25) is 0 Å². The van der Waals surface area contributed by atoms with Crippen LogP contribution in [-0.4, -0.2) is 9.97 Å². The molecule has 0 bridgehead atoms. The molecule has 0 fully saturated rings. The van der Waals surface area contributed by atoms with Gasteiger partial charge >= 0.3 is 0 Å². The third-order valence-electron chi connectivity index (χ3n) is 4.27. The zero-order chi connectivity index (χ0) is 17.4. The van der Waals surface area contributed by atoms with Gasteiger partial charge in [-0.15, -0.1) is 0 Å². The van der Waals surface area contributed by atoms with Crippen molar-refractivity contribution in [3.8, 4) is 0 Å². The Morgan fingerprint density at radius 3 is 2.84 bits per heavy atom. The molecule has 124 valence electrons. The van der Waals surface area contributed by atoms with Crippen molar-refractivity contribution in [1.82, 2.24) is 9.97 Å². The summed E-state index contributed by atoms with van der Waals surface area (Å²) < 4.78 is 0. The third-order valence-corrected chi connectivity index (χ3v) is 4.48. The van der Waals surface area contributed by atoms with E-state index in [0.717, 1.165) is 40.1 Å². The number of benzene rings is 1. The number of allylic oxidation sites excluding steroid dienone is 2. The monoisotopic (exact) mass is 347 g/mol. The molecule has 1 aliphatic rings. The molecule has 25 heavy (non-hydrogen) atoms. The van der Waals surface area contributed by atoms with Crippen molar-refractivity contribution in [1.29, 1.82) is 0 Å². The molecule has 3 heterocycles. The lowest BCUT2D eigenvalue weighted by molar-refractivity contribution is 1.12. The van der Waals surface area contributed by atoms with Gasteiger partial charge in [-0.2, -0.15) is 0 Å². The molecule has 0 radical (unpaired) electrons. The Morgan fingerprint density at radius 2 is 2.04 bits per heavy atom. The lowest BCUT2D eigenvalue weighted by Crippen LogP contribution is -2.19. The van der Waals surface area contributed by atoms with Crippen LogP contribution in [0.5, 0.6) is 0 Å². The summed E-state index contributed by atoms with van der Waals surface area (Å²) in [6, 6.07) is 12.2. The second kappa shape index (κ2) is 6.34. The van der Waals surface area contributed by atoms with E-state index in [1.54, 1.807) is 6.07 Å². The fourth-order valence-corrected chi connectivity index (χ4v) is 3.34. The Morgan fingerprint density at radius 1 is 1.16 bits per heavy atom. The molecule has 0 saturated heterocycles. The maximum atomic E-state index is 6.19. The zero-order valence-corrected chi connectivity index (χ0v) is 15.0. The Labute approximate surface area is 152 Å². The Hall–Kier alpha value is -2.65. The highest BCUT2D eigenvalue weighted by Crippen LogP contribution is 2.41. The Bertz CT molecular complexity index is 1020. The Kier molecular flexibility index (Phi) is 4.02. The quantitative estimate of drug-likeness (QED) is 0.528. The summed E-state index contributed by atoms with van der Waals surface area (Å²) in [5.74, 6) is 0. The summed E-state index contributed by atoms with van der Waals surface area (Å²) in [7, 11) is 0. The first kappa shape index (κ1) is 15.9. The van der Waals surface area contributed by atoms with Crippen LogP contribution in [0.25, 0.3) is 17.1 Å². The lowest BCUT2D eigenvalue weighted by Gasteiger charge is -2.31. The fourth-order valence-electron chi connectivity index (χ4n) is 3.19. The molecule has 0 N–H and O–H groups in total. The molecule has 1 aromatic carbocycles. The molecule has 2 aromatic heterocycles. The van der Waals surface area contributed by atoms with Crippen molar-refractivity contribution < 1.29 is 0 Å². The number of anilines is 2. The van der Waals surface area contributed by atoms with Gasteiger partial charge in [-0.3, -0.25) is 4.98 Å². The summed E-state index contributed by atoms with van der Waals surface area (Å²) in [5.41, 5.74) is 7.19. The predicted octanol–water partition coefficient (Wildman–Crippen LogP) is 6.05. The topological polar surface area (TPSA) is 29.0 Å². The second-order valence-electron chi connectivity index (χ2n) is 6.11. The van der Waals surface area contributed by atoms with Gasteiger partial charge in [-0.25, -0.2) is 4.98 Å². The molecule has 3 aromatic rings. The average Bonchev–Trinajstić information content (AvgIpc) is 2.61. The van der Waals surface area contributed by atoms with E-state index in [-0.39, 0.29) is 0 Å². The highest BCUT2D eigenvalue weighted by atomic mass is 35.5. The molecule has 0 unspecified atom stereocenters. The standard InChI is InChI=1S/C21H18ClN3/c1-3-5-16-9-8-15-13-23-18-10-11-19(22)24-20(18)21(15)25(16)17-7-4-6-14(2)12-17/h4-13H,3H2,1-2H3/b16-5-. The second-order valence-corrected chi connectivity index (χ2v) is 6.50. The van der Waals surface area contributed by atoms with Crippen LogP contribution in [0.2, 0.25) is 5.15 Å². The summed E-state index contributed by atoms with van der Waals surface area (Å²) in [6.45, 7) is 4.25. The molecule has 0 atom stereocenters.